The Hall–Kier alpha value is -1.59. The summed E-state index contributed by atoms with van der Waals surface area (Å²) < 4.78 is 1.78. The van der Waals surface area contributed by atoms with E-state index in [-0.39, 0.29) is 0 Å². The van der Waals surface area contributed by atoms with Gasteiger partial charge in [0.15, 0.2) is 5.11 Å². The standard InChI is InChI=1S/C14H17ClN4S/c1-11-2-4-12(5-3-11)8-17-14(20)16-6-7-19-10-13(15)9-18-19/h2-5,9-10H,6-8H2,1H3,(H2,16,17,20). The van der Waals surface area contributed by atoms with Crippen LogP contribution >= 0.6 is 23.8 Å². The molecule has 1 heterocycles. The maximum Gasteiger partial charge on any atom is 0.166 e. The summed E-state index contributed by atoms with van der Waals surface area (Å²) in [4.78, 5) is 0. The summed E-state index contributed by atoms with van der Waals surface area (Å²) in [6.07, 6.45) is 3.40. The molecule has 0 spiro atoms. The fraction of sp³-hybridized carbons (Fsp3) is 0.286. The minimum Gasteiger partial charge on any atom is -0.361 e. The number of thiocarbonyl (C=S) groups is 1. The highest BCUT2D eigenvalue weighted by molar-refractivity contribution is 7.80. The zero-order chi connectivity index (χ0) is 14.4. The van der Waals surface area contributed by atoms with E-state index in [2.05, 4.69) is 46.9 Å². The van der Waals surface area contributed by atoms with Crippen molar-refractivity contribution in [2.24, 2.45) is 0 Å². The number of aryl methyl sites for hydroxylation is 1. The first kappa shape index (κ1) is 14.8. The molecule has 0 aliphatic carbocycles. The van der Waals surface area contributed by atoms with Crippen LogP contribution in [0, 0.1) is 6.92 Å². The highest BCUT2D eigenvalue weighted by Crippen LogP contribution is 2.04. The molecule has 0 aliphatic rings. The van der Waals surface area contributed by atoms with E-state index in [4.69, 9.17) is 23.8 Å². The highest BCUT2D eigenvalue weighted by atomic mass is 35.5. The normalized spacial score (nSPS) is 10.3. The van der Waals surface area contributed by atoms with Crippen LogP contribution in [0.15, 0.2) is 36.7 Å². The molecule has 1 aromatic carbocycles. The number of hydrogen-bond donors (Lipinski definition) is 2. The molecule has 2 rings (SSSR count). The van der Waals surface area contributed by atoms with Crippen LogP contribution < -0.4 is 10.6 Å². The van der Waals surface area contributed by atoms with Gasteiger partial charge in [-0.2, -0.15) is 5.10 Å². The average Bonchev–Trinajstić information content (AvgIpc) is 2.84. The molecule has 0 aliphatic heterocycles. The number of aromatic nitrogens is 2. The molecule has 2 N–H and O–H groups in total. The number of hydrogen-bond acceptors (Lipinski definition) is 2. The molecular formula is C14H17ClN4S. The van der Waals surface area contributed by atoms with Crippen molar-refractivity contribution >= 4 is 28.9 Å². The monoisotopic (exact) mass is 308 g/mol. The Morgan fingerprint density at radius 1 is 1.30 bits per heavy atom. The van der Waals surface area contributed by atoms with Crippen LogP contribution in [0.3, 0.4) is 0 Å². The fourth-order valence-electron chi connectivity index (χ4n) is 1.70. The molecule has 6 heteroatoms. The first-order valence-corrected chi connectivity index (χ1v) is 7.17. The summed E-state index contributed by atoms with van der Waals surface area (Å²) in [6.45, 7) is 4.22. The minimum absolute atomic E-state index is 0.642. The molecule has 2 aromatic rings. The largest absolute Gasteiger partial charge is 0.361 e. The van der Waals surface area contributed by atoms with Crippen LogP contribution in [-0.2, 0) is 13.1 Å². The molecule has 0 radical (unpaired) electrons. The quantitative estimate of drug-likeness (QED) is 0.833. The van der Waals surface area contributed by atoms with Crippen molar-refractivity contribution in [2.75, 3.05) is 6.54 Å². The predicted molar refractivity (Wildman–Crippen MR) is 85.9 cm³/mol. The van der Waals surface area contributed by atoms with Crippen LogP contribution in [-0.4, -0.2) is 21.4 Å². The third-order valence-corrected chi connectivity index (χ3v) is 3.29. The Morgan fingerprint density at radius 3 is 2.70 bits per heavy atom. The second-order valence-corrected chi connectivity index (χ2v) is 5.36. The lowest BCUT2D eigenvalue weighted by molar-refractivity contribution is 0.600. The lowest BCUT2D eigenvalue weighted by Crippen LogP contribution is -2.36. The molecule has 0 unspecified atom stereocenters. The smallest absolute Gasteiger partial charge is 0.166 e. The fourth-order valence-corrected chi connectivity index (χ4v) is 2.03. The van der Waals surface area contributed by atoms with Gasteiger partial charge >= 0.3 is 0 Å². The van der Waals surface area contributed by atoms with Crippen molar-refractivity contribution in [3.05, 3.63) is 52.8 Å². The van der Waals surface area contributed by atoms with Gasteiger partial charge < -0.3 is 10.6 Å². The van der Waals surface area contributed by atoms with Crippen LogP contribution in [0.4, 0.5) is 0 Å². The summed E-state index contributed by atoms with van der Waals surface area (Å²) in [5.41, 5.74) is 2.46. The molecule has 0 atom stereocenters. The number of halogens is 1. The van der Waals surface area contributed by atoms with Gasteiger partial charge in [0, 0.05) is 19.3 Å². The maximum absolute atomic E-state index is 5.79. The van der Waals surface area contributed by atoms with Crippen molar-refractivity contribution in [1.82, 2.24) is 20.4 Å². The third kappa shape index (κ3) is 4.83. The van der Waals surface area contributed by atoms with Gasteiger partial charge in [0.2, 0.25) is 0 Å². The topological polar surface area (TPSA) is 41.9 Å². The Balaban J connectivity index is 1.66. The maximum atomic E-state index is 5.79. The molecule has 0 fully saturated rings. The minimum atomic E-state index is 0.642. The summed E-state index contributed by atoms with van der Waals surface area (Å²) in [6, 6.07) is 8.37. The lowest BCUT2D eigenvalue weighted by Gasteiger charge is -2.10. The first-order chi connectivity index (χ1) is 9.63. The summed E-state index contributed by atoms with van der Waals surface area (Å²) >= 11 is 11.0. The van der Waals surface area contributed by atoms with Crippen LogP contribution in [0.5, 0.6) is 0 Å². The Kier molecular flexibility index (Phi) is 5.38. The SMILES string of the molecule is Cc1ccc(CNC(=S)NCCn2cc(Cl)cn2)cc1. The van der Waals surface area contributed by atoms with Crippen LogP contribution in [0.1, 0.15) is 11.1 Å². The first-order valence-electron chi connectivity index (χ1n) is 6.39. The van der Waals surface area contributed by atoms with E-state index in [0.717, 1.165) is 13.1 Å². The number of nitrogens with zero attached hydrogens (tertiary/aromatic N) is 2. The van der Waals surface area contributed by atoms with E-state index >= 15 is 0 Å². The van der Waals surface area contributed by atoms with Gasteiger partial charge in [-0.25, -0.2) is 0 Å². The van der Waals surface area contributed by atoms with E-state index in [1.54, 1.807) is 17.1 Å². The highest BCUT2D eigenvalue weighted by Gasteiger charge is 1.98. The number of nitrogens with one attached hydrogen (secondary N) is 2. The molecule has 106 valence electrons. The zero-order valence-corrected chi connectivity index (χ0v) is 12.8. The van der Waals surface area contributed by atoms with Gasteiger partial charge in [-0.15, -0.1) is 0 Å². The van der Waals surface area contributed by atoms with Crippen LogP contribution in [0.2, 0.25) is 5.02 Å². The van der Waals surface area contributed by atoms with E-state index in [9.17, 15) is 0 Å². The summed E-state index contributed by atoms with van der Waals surface area (Å²) in [5, 5.41) is 11.7. The van der Waals surface area contributed by atoms with Crippen molar-refractivity contribution in [3.63, 3.8) is 0 Å². The van der Waals surface area contributed by atoms with Crippen molar-refractivity contribution in [3.8, 4) is 0 Å². The average molecular weight is 309 g/mol. The molecule has 0 saturated heterocycles. The van der Waals surface area contributed by atoms with Gasteiger partial charge in [-0.3, -0.25) is 4.68 Å². The zero-order valence-electron chi connectivity index (χ0n) is 11.3. The Morgan fingerprint density at radius 2 is 2.05 bits per heavy atom. The molecule has 0 amide bonds. The van der Waals surface area contributed by atoms with Gasteiger partial charge in [-0.05, 0) is 24.7 Å². The molecule has 1 aromatic heterocycles. The lowest BCUT2D eigenvalue weighted by atomic mass is 10.1. The Bertz CT molecular complexity index is 565. The van der Waals surface area contributed by atoms with Gasteiger partial charge in [0.1, 0.15) is 0 Å². The number of rotatable bonds is 5. The number of benzene rings is 1. The second-order valence-electron chi connectivity index (χ2n) is 4.52. The van der Waals surface area contributed by atoms with Gasteiger partial charge in [0.25, 0.3) is 0 Å². The summed E-state index contributed by atoms with van der Waals surface area (Å²) in [5.74, 6) is 0. The van der Waals surface area contributed by atoms with E-state index < -0.39 is 0 Å². The predicted octanol–water partition coefficient (Wildman–Crippen LogP) is 2.51. The molecule has 0 bridgehead atoms. The van der Waals surface area contributed by atoms with Crippen molar-refractivity contribution in [2.45, 2.75) is 20.0 Å². The molecule has 20 heavy (non-hydrogen) atoms. The second kappa shape index (κ2) is 7.26. The Labute approximate surface area is 129 Å². The van der Waals surface area contributed by atoms with Gasteiger partial charge in [0.05, 0.1) is 17.8 Å². The van der Waals surface area contributed by atoms with E-state index in [1.807, 2.05) is 0 Å². The van der Waals surface area contributed by atoms with Crippen molar-refractivity contribution < 1.29 is 0 Å². The molecule has 4 nitrogen and oxygen atoms in total. The third-order valence-electron chi connectivity index (χ3n) is 2.80. The van der Waals surface area contributed by atoms with Crippen molar-refractivity contribution in [1.29, 1.82) is 0 Å². The molecule has 0 saturated carbocycles. The molecular weight excluding hydrogens is 292 g/mol. The summed E-state index contributed by atoms with van der Waals surface area (Å²) in [7, 11) is 0. The van der Waals surface area contributed by atoms with E-state index in [1.165, 1.54) is 11.1 Å². The van der Waals surface area contributed by atoms with Gasteiger partial charge in [-0.1, -0.05) is 41.4 Å². The van der Waals surface area contributed by atoms with E-state index in [0.29, 0.717) is 16.7 Å². The van der Waals surface area contributed by atoms with Crippen LogP contribution in [0.25, 0.3) is 0 Å².